The Morgan fingerprint density at radius 2 is 1.60 bits per heavy atom. The Morgan fingerprint density at radius 3 is 2.15 bits per heavy atom. The van der Waals surface area contributed by atoms with Gasteiger partial charge in [0.1, 0.15) is 0 Å². The molecule has 3 rings (SSSR count). The van der Waals surface area contributed by atoms with Crippen LogP contribution in [0.15, 0.2) is 18.4 Å². The maximum absolute atomic E-state index is 5.61. The predicted octanol–water partition coefficient (Wildman–Crippen LogP) is 3.90. The third-order valence-corrected chi connectivity index (χ3v) is 17.4. The Kier molecular flexibility index (Phi) is 6.43. The fraction of sp³-hybridized carbons (Fsp3) is 0.182. The summed E-state index contributed by atoms with van der Waals surface area (Å²) >= 11 is 18.0. The zero-order valence-corrected chi connectivity index (χ0v) is 19.5. The standard InChI is InChI=1S/C11H8S7Se2/c1-13-7-8(14-2)18-10(17-7)9-15-5(6(12)16-9)11-19-3-4-20-11/h3-4H,1-2H3. The monoisotopic (exact) mass is 524 g/mol. The maximum atomic E-state index is 5.61. The van der Waals surface area contributed by atoms with Crippen molar-refractivity contribution >= 4 is 119 Å². The van der Waals surface area contributed by atoms with Gasteiger partial charge in [-0.3, -0.25) is 0 Å². The second-order valence-electron chi connectivity index (χ2n) is 3.38. The van der Waals surface area contributed by atoms with E-state index in [0.29, 0.717) is 29.9 Å². The van der Waals surface area contributed by atoms with Gasteiger partial charge in [-0.15, -0.1) is 0 Å². The van der Waals surface area contributed by atoms with Gasteiger partial charge in [0.05, 0.1) is 0 Å². The molecule has 0 unspecified atom stereocenters. The number of thioether (sulfide) groups is 4. The summed E-state index contributed by atoms with van der Waals surface area (Å²) in [6, 6.07) is 0. The average Bonchev–Trinajstić information content (AvgIpc) is 3.16. The summed E-state index contributed by atoms with van der Waals surface area (Å²) in [6.07, 6.45) is 4.32. The van der Waals surface area contributed by atoms with Crippen molar-refractivity contribution in [1.29, 1.82) is 0 Å². The van der Waals surface area contributed by atoms with Crippen molar-refractivity contribution in [3.63, 3.8) is 0 Å². The van der Waals surface area contributed by atoms with Crippen LogP contribution >= 0.6 is 81.9 Å². The Morgan fingerprint density at radius 1 is 1.00 bits per heavy atom. The van der Waals surface area contributed by atoms with E-state index in [1.54, 1.807) is 14.7 Å². The third-order valence-electron chi connectivity index (χ3n) is 2.23. The molecule has 0 saturated heterocycles. The van der Waals surface area contributed by atoms with E-state index in [0.717, 1.165) is 3.82 Å². The van der Waals surface area contributed by atoms with E-state index in [-0.39, 0.29) is 0 Å². The van der Waals surface area contributed by atoms with E-state index in [1.807, 2.05) is 58.4 Å². The Hall–Kier alpha value is 1.93. The van der Waals surface area contributed by atoms with Crippen molar-refractivity contribution in [1.82, 2.24) is 0 Å². The Labute approximate surface area is 160 Å². The summed E-state index contributed by atoms with van der Waals surface area (Å²) in [5.74, 6) is 0. The summed E-state index contributed by atoms with van der Waals surface area (Å²) in [5.41, 5.74) is 0. The topological polar surface area (TPSA) is 0 Å². The molecule has 0 radical (unpaired) electrons. The van der Waals surface area contributed by atoms with E-state index in [2.05, 4.69) is 22.5 Å². The van der Waals surface area contributed by atoms with Crippen molar-refractivity contribution in [2.75, 3.05) is 12.5 Å². The number of hydrogen-bond acceptors (Lipinski definition) is 7. The van der Waals surface area contributed by atoms with Crippen LogP contribution in [0.4, 0.5) is 0 Å². The van der Waals surface area contributed by atoms with Gasteiger partial charge in [-0.05, 0) is 0 Å². The SMILES string of the molecule is CSC1=C(SC)SC(=c2sc(=S)c(=C3[Se]C=C[Se]3)s2)S1. The van der Waals surface area contributed by atoms with Crippen molar-refractivity contribution in [2.45, 2.75) is 0 Å². The van der Waals surface area contributed by atoms with Gasteiger partial charge in [0.15, 0.2) is 0 Å². The van der Waals surface area contributed by atoms with Crippen molar-refractivity contribution in [3.05, 3.63) is 30.6 Å². The van der Waals surface area contributed by atoms with E-state index in [1.165, 1.54) is 21.1 Å². The van der Waals surface area contributed by atoms with Crippen LogP contribution < -0.4 is 8.38 Å². The quantitative estimate of drug-likeness (QED) is 0.426. The van der Waals surface area contributed by atoms with Gasteiger partial charge in [-0.1, -0.05) is 0 Å². The van der Waals surface area contributed by atoms with Crippen LogP contribution in [-0.4, -0.2) is 42.4 Å². The molecular weight excluding hydrogens is 515 g/mol. The molecule has 0 aromatic carbocycles. The molecule has 0 N–H and O–H groups in total. The van der Waals surface area contributed by atoms with Crippen LogP contribution in [0.25, 0.3) is 7.61 Å². The molecular formula is C11H8S7Se2. The molecule has 1 aromatic rings. The van der Waals surface area contributed by atoms with Gasteiger partial charge in [0.2, 0.25) is 0 Å². The molecule has 0 bridgehead atoms. The van der Waals surface area contributed by atoms with E-state index in [4.69, 9.17) is 12.2 Å². The molecule has 0 atom stereocenters. The average molecular weight is 523 g/mol. The molecule has 0 nitrogen and oxygen atoms in total. The minimum atomic E-state index is 0.552. The van der Waals surface area contributed by atoms with Gasteiger partial charge in [-0.2, -0.15) is 0 Å². The minimum absolute atomic E-state index is 0.552. The molecule has 0 saturated carbocycles. The molecule has 0 amide bonds. The van der Waals surface area contributed by atoms with Crippen molar-refractivity contribution in [2.24, 2.45) is 0 Å². The molecule has 0 aliphatic carbocycles. The van der Waals surface area contributed by atoms with Crippen LogP contribution in [0.2, 0.25) is 0 Å². The van der Waals surface area contributed by atoms with Crippen LogP contribution in [0.3, 0.4) is 0 Å². The molecule has 9 heteroatoms. The zero-order valence-electron chi connectivity index (χ0n) is 10.3. The van der Waals surface area contributed by atoms with Gasteiger partial charge in [0.25, 0.3) is 0 Å². The second kappa shape index (κ2) is 7.67. The van der Waals surface area contributed by atoms with Gasteiger partial charge < -0.3 is 0 Å². The Balaban J connectivity index is 2.06. The molecule has 20 heavy (non-hydrogen) atoms. The molecule has 2 aliphatic heterocycles. The first-order valence-electron chi connectivity index (χ1n) is 5.27. The van der Waals surface area contributed by atoms with Gasteiger partial charge in [-0.25, -0.2) is 0 Å². The summed E-state index contributed by atoms with van der Waals surface area (Å²) in [4.78, 5) is 4.68. The van der Waals surface area contributed by atoms with E-state index in [9.17, 15) is 0 Å². The fourth-order valence-corrected chi connectivity index (χ4v) is 15.9. The van der Waals surface area contributed by atoms with E-state index < -0.39 is 0 Å². The first kappa shape index (κ1) is 16.8. The zero-order chi connectivity index (χ0) is 14.1. The summed E-state index contributed by atoms with van der Waals surface area (Å²) in [5, 5.41) is 0. The molecule has 3 heterocycles. The molecule has 0 spiro atoms. The Bertz CT molecular complexity index is 739. The molecule has 106 valence electrons. The first-order chi connectivity index (χ1) is 9.72. The van der Waals surface area contributed by atoms with Crippen LogP contribution in [0.1, 0.15) is 0 Å². The predicted molar refractivity (Wildman–Crippen MR) is 109 cm³/mol. The number of hydrogen-bond donors (Lipinski definition) is 0. The fourth-order valence-electron chi connectivity index (χ4n) is 1.41. The molecule has 1 aromatic heterocycles. The third kappa shape index (κ3) is 3.54. The van der Waals surface area contributed by atoms with Crippen LogP contribution in [0.5, 0.6) is 0 Å². The first-order valence-corrected chi connectivity index (χ1v) is 15.1. The second-order valence-corrected chi connectivity index (χ2v) is 15.9. The normalized spacial score (nSPS) is 18.7. The summed E-state index contributed by atoms with van der Waals surface area (Å²) < 4.78 is 9.84. The van der Waals surface area contributed by atoms with Crippen LogP contribution in [-0.2, 0) is 0 Å². The van der Waals surface area contributed by atoms with Gasteiger partial charge in [0, 0.05) is 0 Å². The van der Waals surface area contributed by atoms with Crippen molar-refractivity contribution < 1.29 is 0 Å². The molecule has 2 aliphatic rings. The van der Waals surface area contributed by atoms with Crippen LogP contribution in [0, 0.1) is 3.82 Å². The van der Waals surface area contributed by atoms with Crippen molar-refractivity contribution in [3.8, 4) is 0 Å². The molecule has 0 fully saturated rings. The van der Waals surface area contributed by atoms with E-state index >= 15 is 0 Å². The van der Waals surface area contributed by atoms with Gasteiger partial charge >= 0.3 is 163 Å². The summed E-state index contributed by atoms with van der Waals surface area (Å²) in [7, 11) is 0. The summed E-state index contributed by atoms with van der Waals surface area (Å²) in [6.45, 7) is 0. The number of rotatable bonds is 2.